The molecule has 10 aromatic rings. The molecule has 2 heteroatoms. The maximum atomic E-state index is 6.68. The number of aromatic nitrogens is 1. The zero-order valence-corrected chi connectivity index (χ0v) is 29.6. The van der Waals surface area contributed by atoms with Crippen molar-refractivity contribution < 1.29 is 4.42 Å². The Bertz CT molecular complexity index is 3110. The van der Waals surface area contributed by atoms with E-state index in [1.54, 1.807) is 0 Å². The van der Waals surface area contributed by atoms with Crippen LogP contribution in [0.4, 0.5) is 0 Å². The van der Waals surface area contributed by atoms with Crippen LogP contribution in [-0.2, 0) is 5.41 Å². The summed E-state index contributed by atoms with van der Waals surface area (Å²) in [6.07, 6.45) is 0. The van der Waals surface area contributed by atoms with Gasteiger partial charge in [0.2, 0.25) is 0 Å². The molecule has 0 saturated heterocycles. The van der Waals surface area contributed by atoms with Crippen LogP contribution in [-0.4, -0.2) is 4.57 Å². The molecule has 0 bridgehead atoms. The van der Waals surface area contributed by atoms with Crippen LogP contribution < -0.4 is 0 Å². The van der Waals surface area contributed by atoms with Crippen molar-refractivity contribution in [1.82, 2.24) is 4.57 Å². The molecule has 0 saturated carbocycles. The topological polar surface area (TPSA) is 18.1 Å². The Labute approximate surface area is 307 Å². The fourth-order valence-electron chi connectivity index (χ4n) is 9.35. The highest BCUT2D eigenvalue weighted by Gasteiger charge is 2.40. The number of rotatable bonds is 2. The first-order chi connectivity index (χ1) is 26.1. The molecule has 0 fully saturated rings. The molecule has 0 amide bonds. The van der Waals surface area contributed by atoms with E-state index in [2.05, 4.69) is 194 Å². The monoisotopic (exact) mass is 677 g/mol. The lowest BCUT2D eigenvalue weighted by Crippen LogP contribution is -2.16. The summed E-state index contributed by atoms with van der Waals surface area (Å²) in [7, 11) is 0. The van der Waals surface area contributed by atoms with E-state index in [1.807, 2.05) is 0 Å². The van der Waals surface area contributed by atoms with Crippen molar-refractivity contribution in [2.75, 3.05) is 0 Å². The molecule has 2 aromatic heterocycles. The molecular weight excluding hydrogens is 643 g/mol. The van der Waals surface area contributed by atoms with Gasteiger partial charge in [0.15, 0.2) is 0 Å². The normalized spacial score (nSPS) is 13.2. The van der Waals surface area contributed by atoms with Gasteiger partial charge >= 0.3 is 0 Å². The van der Waals surface area contributed by atoms with Crippen LogP contribution in [0.15, 0.2) is 180 Å². The van der Waals surface area contributed by atoms with E-state index >= 15 is 0 Å². The summed E-state index contributed by atoms with van der Waals surface area (Å²) in [5, 5.41) is 9.60. The van der Waals surface area contributed by atoms with Crippen LogP contribution in [0.3, 0.4) is 0 Å². The minimum Gasteiger partial charge on any atom is -0.455 e. The molecule has 0 radical (unpaired) electrons. The second kappa shape index (κ2) is 11.2. The van der Waals surface area contributed by atoms with Crippen LogP contribution in [0.5, 0.6) is 0 Å². The Kier molecular flexibility index (Phi) is 6.33. The van der Waals surface area contributed by atoms with Gasteiger partial charge in [-0.05, 0) is 68.1 Å². The van der Waals surface area contributed by atoms with Gasteiger partial charge in [-0.1, -0.05) is 166 Å². The van der Waals surface area contributed by atoms with E-state index in [4.69, 9.17) is 4.42 Å². The molecule has 1 aliphatic carbocycles. The van der Waals surface area contributed by atoms with Crippen molar-refractivity contribution in [2.45, 2.75) is 19.3 Å². The fraction of sp³-hybridized carbons (Fsp3) is 0.0588. The number of furan rings is 1. The molecule has 0 unspecified atom stereocenters. The molecule has 250 valence electrons. The average molecular weight is 678 g/mol. The number of hydrogen-bond acceptors (Lipinski definition) is 1. The minimum absolute atomic E-state index is 0.274. The highest BCUT2D eigenvalue weighted by Crippen LogP contribution is 2.55. The van der Waals surface area contributed by atoms with E-state index in [0.717, 1.165) is 44.2 Å². The van der Waals surface area contributed by atoms with Gasteiger partial charge < -0.3 is 8.98 Å². The number of benzene rings is 8. The quantitative estimate of drug-likeness (QED) is 0.178. The van der Waals surface area contributed by atoms with Crippen LogP contribution in [0, 0.1) is 0 Å². The zero-order valence-electron chi connectivity index (χ0n) is 29.6. The Hall–Kier alpha value is -6.64. The molecule has 8 aromatic carbocycles. The Balaban J connectivity index is 1.37. The van der Waals surface area contributed by atoms with Gasteiger partial charge in [0.25, 0.3) is 0 Å². The molecule has 2 nitrogen and oxygen atoms in total. The van der Waals surface area contributed by atoms with Gasteiger partial charge in [-0.15, -0.1) is 0 Å². The summed E-state index contributed by atoms with van der Waals surface area (Å²) in [5.74, 6) is 0. The van der Waals surface area contributed by atoms with E-state index < -0.39 is 0 Å². The summed E-state index contributed by atoms with van der Waals surface area (Å²) >= 11 is 0. The molecule has 11 rings (SSSR count). The standard InChI is InChI=1S/C51H35NO/c1-51(2)43-26-11-7-23-42(43)48-46(31-30-39(49(48)51)41-25-15-24-40-38-22-10-14-29-47(38)53-50(40)41)52-44-27-12-8-20-36(44)34-18-5-3-16-32(34)33-17-4-6-19-35(33)37-21-9-13-28-45(37)52/h3-31H,1-2H3. The van der Waals surface area contributed by atoms with Crippen LogP contribution in [0.1, 0.15) is 25.0 Å². The summed E-state index contributed by atoms with van der Waals surface area (Å²) in [6, 6.07) is 64.3. The maximum absolute atomic E-state index is 6.68. The highest BCUT2D eigenvalue weighted by atomic mass is 16.3. The molecule has 0 spiro atoms. The van der Waals surface area contributed by atoms with Gasteiger partial charge in [-0.3, -0.25) is 0 Å². The van der Waals surface area contributed by atoms with Gasteiger partial charge in [-0.2, -0.15) is 0 Å². The first-order valence-electron chi connectivity index (χ1n) is 18.4. The first-order valence-corrected chi connectivity index (χ1v) is 18.4. The lowest BCUT2D eigenvalue weighted by Gasteiger charge is -2.26. The van der Waals surface area contributed by atoms with E-state index in [-0.39, 0.29) is 5.41 Å². The number of fused-ring (bicyclic) bond motifs is 13. The van der Waals surface area contributed by atoms with Crippen LogP contribution in [0.2, 0.25) is 0 Å². The lowest BCUT2D eigenvalue weighted by atomic mass is 9.78. The third kappa shape index (κ3) is 4.21. The maximum Gasteiger partial charge on any atom is 0.143 e. The average Bonchev–Trinajstić information content (AvgIpc) is 3.72. The Morgan fingerprint density at radius 1 is 0.396 bits per heavy atom. The third-order valence-corrected chi connectivity index (χ3v) is 11.6. The SMILES string of the molecule is CC1(C)c2ccccc2-c2c(-n3c4ccccc4c4ccccc4c4ccccc4c4ccccc43)ccc(-c3cccc4c3oc3ccccc34)c21. The van der Waals surface area contributed by atoms with Crippen LogP contribution in [0.25, 0.3) is 93.2 Å². The van der Waals surface area contributed by atoms with Gasteiger partial charge in [0.05, 0.1) is 16.7 Å². The van der Waals surface area contributed by atoms with Crippen molar-refractivity contribution in [3.05, 3.63) is 187 Å². The molecule has 0 N–H and O–H groups in total. The number of nitrogens with zero attached hydrogens (tertiary/aromatic N) is 1. The Morgan fingerprint density at radius 2 is 0.887 bits per heavy atom. The summed E-state index contributed by atoms with van der Waals surface area (Å²) in [4.78, 5) is 0. The zero-order chi connectivity index (χ0) is 35.3. The first kappa shape index (κ1) is 30.0. The Morgan fingerprint density at radius 3 is 1.55 bits per heavy atom. The van der Waals surface area contributed by atoms with E-state index in [1.165, 1.54) is 60.1 Å². The summed E-state index contributed by atoms with van der Waals surface area (Å²) < 4.78 is 9.22. The molecule has 0 aliphatic heterocycles. The lowest BCUT2D eigenvalue weighted by molar-refractivity contribution is 0.659. The minimum atomic E-state index is -0.274. The summed E-state index contributed by atoms with van der Waals surface area (Å²) in [6.45, 7) is 4.77. The predicted molar refractivity (Wildman–Crippen MR) is 224 cm³/mol. The molecule has 53 heavy (non-hydrogen) atoms. The van der Waals surface area contributed by atoms with Gasteiger partial charge in [0, 0.05) is 38.1 Å². The smallest absolute Gasteiger partial charge is 0.143 e. The van der Waals surface area contributed by atoms with E-state index in [9.17, 15) is 0 Å². The van der Waals surface area contributed by atoms with Crippen molar-refractivity contribution in [1.29, 1.82) is 0 Å². The molecule has 0 atom stereocenters. The number of hydrogen-bond donors (Lipinski definition) is 0. The van der Waals surface area contributed by atoms with Gasteiger partial charge in [0.1, 0.15) is 11.2 Å². The number of para-hydroxylation sites is 4. The highest BCUT2D eigenvalue weighted by molar-refractivity contribution is 6.20. The van der Waals surface area contributed by atoms with Crippen molar-refractivity contribution in [3.63, 3.8) is 0 Å². The molecule has 1 aliphatic rings. The van der Waals surface area contributed by atoms with Crippen molar-refractivity contribution >= 4 is 65.3 Å². The summed E-state index contributed by atoms with van der Waals surface area (Å²) in [5.41, 5.74) is 12.6. The van der Waals surface area contributed by atoms with Gasteiger partial charge in [-0.25, -0.2) is 0 Å². The largest absolute Gasteiger partial charge is 0.455 e. The van der Waals surface area contributed by atoms with Crippen LogP contribution >= 0.6 is 0 Å². The second-order valence-electron chi connectivity index (χ2n) is 14.8. The predicted octanol–water partition coefficient (Wildman–Crippen LogP) is 14.1. The van der Waals surface area contributed by atoms with Crippen molar-refractivity contribution in [2.24, 2.45) is 0 Å². The molecular formula is C51H35NO. The molecule has 2 heterocycles. The second-order valence-corrected chi connectivity index (χ2v) is 14.8. The van der Waals surface area contributed by atoms with E-state index in [0.29, 0.717) is 0 Å². The van der Waals surface area contributed by atoms with Crippen molar-refractivity contribution in [3.8, 4) is 27.9 Å². The fourth-order valence-corrected chi connectivity index (χ4v) is 9.35. The third-order valence-electron chi connectivity index (χ3n) is 11.6.